The minimum atomic E-state index is -0.254. The Morgan fingerprint density at radius 1 is 1.61 bits per heavy atom. The molecule has 2 unspecified atom stereocenters. The molecule has 0 radical (unpaired) electrons. The van der Waals surface area contributed by atoms with Crippen molar-refractivity contribution in [2.75, 3.05) is 13.1 Å². The predicted molar refractivity (Wildman–Crippen MR) is 69.3 cm³/mol. The topological polar surface area (TPSA) is 79.2 Å². The molecule has 2 atom stereocenters. The number of carbonyl (C=O) groups is 1. The third kappa shape index (κ3) is 2.61. The molecule has 2 heterocycles. The van der Waals surface area contributed by atoms with Gasteiger partial charge in [0.1, 0.15) is 0 Å². The van der Waals surface area contributed by atoms with Gasteiger partial charge < -0.3 is 15.6 Å². The summed E-state index contributed by atoms with van der Waals surface area (Å²) in [6.07, 6.45) is 3.43. The van der Waals surface area contributed by atoms with E-state index in [4.69, 9.17) is 5.73 Å². The van der Waals surface area contributed by atoms with Gasteiger partial charge in [0.05, 0.1) is 0 Å². The average Bonchev–Trinajstić information content (AvgIpc) is 2.37. The van der Waals surface area contributed by atoms with Crippen LogP contribution in [0, 0.1) is 5.92 Å². The molecule has 98 valence electrons. The van der Waals surface area contributed by atoms with Crippen molar-refractivity contribution in [1.29, 1.82) is 0 Å². The van der Waals surface area contributed by atoms with Crippen LogP contribution < -0.4 is 11.3 Å². The monoisotopic (exact) mass is 249 g/mol. The Morgan fingerprint density at radius 2 is 2.39 bits per heavy atom. The molecule has 5 heteroatoms. The fourth-order valence-electron chi connectivity index (χ4n) is 2.49. The maximum Gasteiger partial charge on any atom is 0.254 e. The van der Waals surface area contributed by atoms with Gasteiger partial charge in [-0.3, -0.25) is 9.59 Å². The van der Waals surface area contributed by atoms with E-state index in [0.29, 0.717) is 24.6 Å². The molecule has 1 aliphatic rings. The standard InChI is InChI=1S/C13H19N3O2/c1-9-3-5-16(11(6-9)8-14)13(18)10-2-4-15-12(17)7-10/h2,4,7,9,11H,3,5-6,8,14H2,1H3,(H,15,17). The van der Waals surface area contributed by atoms with Crippen molar-refractivity contribution in [3.63, 3.8) is 0 Å². The number of aromatic amines is 1. The zero-order valence-corrected chi connectivity index (χ0v) is 10.6. The number of piperidine rings is 1. The number of hydrogen-bond acceptors (Lipinski definition) is 3. The lowest BCUT2D eigenvalue weighted by molar-refractivity contribution is 0.0573. The molecule has 0 spiro atoms. The van der Waals surface area contributed by atoms with Crippen LogP contribution in [0.2, 0.25) is 0 Å². The minimum Gasteiger partial charge on any atom is -0.334 e. The first-order valence-corrected chi connectivity index (χ1v) is 6.31. The number of H-pyrrole nitrogens is 1. The van der Waals surface area contributed by atoms with E-state index in [1.54, 1.807) is 11.0 Å². The normalized spacial score (nSPS) is 24.0. The highest BCUT2D eigenvalue weighted by molar-refractivity contribution is 5.94. The molecule has 2 rings (SSSR count). The molecule has 0 aliphatic carbocycles. The highest BCUT2D eigenvalue weighted by atomic mass is 16.2. The van der Waals surface area contributed by atoms with Crippen LogP contribution in [0.1, 0.15) is 30.1 Å². The van der Waals surface area contributed by atoms with Gasteiger partial charge in [-0.25, -0.2) is 0 Å². The number of amides is 1. The largest absolute Gasteiger partial charge is 0.334 e. The Kier molecular flexibility index (Phi) is 3.81. The number of nitrogens with zero attached hydrogens (tertiary/aromatic N) is 1. The van der Waals surface area contributed by atoms with Crippen molar-refractivity contribution in [2.24, 2.45) is 11.7 Å². The van der Waals surface area contributed by atoms with Crippen LogP contribution in [-0.4, -0.2) is 34.9 Å². The number of pyridine rings is 1. The smallest absolute Gasteiger partial charge is 0.254 e. The van der Waals surface area contributed by atoms with Crippen LogP contribution in [0.3, 0.4) is 0 Å². The number of rotatable bonds is 2. The molecule has 0 bridgehead atoms. The summed E-state index contributed by atoms with van der Waals surface area (Å²) in [7, 11) is 0. The first-order valence-electron chi connectivity index (χ1n) is 6.31. The fourth-order valence-corrected chi connectivity index (χ4v) is 2.49. The summed E-state index contributed by atoms with van der Waals surface area (Å²) < 4.78 is 0. The van der Waals surface area contributed by atoms with E-state index >= 15 is 0 Å². The molecule has 5 nitrogen and oxygen atoms in total. The number of nitrogens with one attached hydrogen (secondary N) is 1. The third-order valence-electron chi connectivity index (χ3n) is 3.53. The number of aromatic nitrogens is 1. The zero-order valence-electron chi connectivity index (χ0n) is 10.6. The van der Waals surface area contributed by atoms with Crippen molar-refractivity contribution < 1.29 is 4.79 Å². The lowest BCUT2D eigenvalue weighted by atomic mass is 9.92. The summed E-state index contributed by atoms with van der Waals surface area (Å²) in [5.41, 5.74) is 5.92. The van der Waals surface area contributed by atoms with Gasteiger partial charge in [-0.2, -0.15) is 0 Å². The van der Waals surface area contributed by atoms with E-state index in [1.807, 2.05) is 0 Å². The molecule has 1 fully saturated rings. The molecule has 1 saturated heterocycles. The average molecular weight is 249 g/mol. The maximum absolute atomic E-state index is 12.3. The number of hydrogen-bond donors (Lipinski definition) is 2. The zero-order chi connectivity index (χ0) is 13.1. The quantitative estimate of drug-likeness (QED) is 0.804. The van der Waals surface area contributed by atoms with Gasteiger partial charge in [0.25, 0.3) is 5.91 Å². The van der Waals surface area contributed by atoms with Crippen molar-refractivity contribution in [1.82, 2.24) is 9.88 Å². The van der Waals surface area contributed by atoms with Gasteiger partial charge in [-0.05, 0) is 24.8 Å². The Balaban J connectivity index is 2.20. The molecule has 1 aliphatic heterocycles. The van der Waals surface area contributed by atoms with Crippen molar-refractivity contribution in [3.05, 3.63) is 34.2 Å². The summed E-state index contributed by atoms with van der Waals surface area (Å²) in [6, 6.07) is 3.06. The van der Waals surface area contributed by atoms with Gasteiger partial charge in [0.2, 0.25) is 5.56 Å². The Hall–Kier alpha value is -1.62. The molecule has 0 saturated carbocycles. The highest BCUT2D eigenvalue weighted by Crippen LogP contribution is 2.23. The van der Waals surface area contributed by atoms with Crippen molar-refractivity contribution in [2.45, 2.75) is 25.8 Å². The Bertz CT molecular complexity index is 483. The van der Waals surface area contributed by atoms with E-state index in [9.17, 15) is 9.59 Å². The lowest BCUT2D eigenvalue weighted by Gasteiger charge is -2.38. The molecular weight excluding hydrogens is 230 g/mol. The van der Waals surface area contributed by atoms with Crippen LogP contribution in [-0.2, 0) is 0 Å². The van der Waals surface area contributed by atoms with E-state index < -0.39 is 0 Å². The Labute approximate surface area is 106 Å². The van der Waals surface area contributed by atoms with Crippen LogP contribution in [0.25, 0.3) is 0 Å². The van der Waals surface area contributed by atoms with E-state index in [1.165, 1.54) is 12.3 Å². The van der Waals surface area contributed by atoms with Crippen LogP contribution in [0.4, 0.5) is 0 Å². The molecule has 3 N–H and O–H groups in total. The van der Waals surface area contributed by atoms with Crippen LogP contribution >= 0.6 is 0 Å². The second-order valence-corrected chi connectivity index (χ2v) is 4.96. The molecule has 0 aromatic carbocycles. The third-order valence-corrected chi connectivity index (χ3v) is 3.53. The maximum atomic E-state index is 12.3. The van der Waals surface area contributed by atoms with Crippen LogP contribution in [0.5, 0.6) is 0 Å². The van der Waals surface area contributed by atoms with Gasteiger partial charge in [0, 0.05) is 37.0 Å². The number of nitrogens with two attached hydrogens (primary N) is 1. The SMILES string of the molecule is CC1CCN(C(=O)c2cc[nH]c(=O)c2)C(CN)C1. The highest BCUT2D eigenvalue weighted by Gasteiger charge is 2.29. The van der Waals surface area contributed by atoms with Gasteiger partial charge in [-0.1, -0.05) is 6.92 Å². The van der Waals surface area contributed by atoms with Crippen molar-refractivity contribution in [3.8, 4) is 0 Å². The summed E-state index contributed by atoms with van der Waals surface area (Å²) in [6.45, 7) is 3.37. The Morgan fingerprint density at radius 3 is 3.06 bits per heavy atom. The van der Waals surface area contributed by atoms with E-state index in [-0.39, 0.29) is 17.5 Å². The first kappa shape index (κ1) is 12.8. The van der Waals surface area contributed by atoms with Crippen molar-refractivity contribution >= 4 is 5.91 Å². The summed E-state index contributed by atoms with van der Waals surface area (Å²) in [4.78, 5) is 27.9. The molecule has 1 aromatic heterocycles. The van der Waals surface area contributed by atoms with Crippen LogP contribution in [0.15, 0.2) is 23.1 Å². The van der Waals surface area contributed by atoms with E-state index in [2.05, 4.69) is 11.9 Å². The first-order chi connectivity index (χ1) is 8.61. The predicted octanol–water partition coefficient (Wildman–Crippen LogP) is 0.574. The molecule has 18 heavy (non-hydrogen) atoms. The van der Waals surface area contributed by atoms with Gasteiger partial charge in [-0.15, -0.1) is 0 Å². The molecule has 1 amide bonds. The summed E-state index contributed by atoms with van der Waals surface area (Å²) in [5, 5.41) is 0. The number of likely N-dealkylation sites (tertiary alicyclic amines) is 1. The molecule has 1 aromatic rings. The van der Waals surface area contributed by atoms with Gasteiger partial charge >= 0.3 is 0 Å². The minimum absolute atomic E-state index is 0.0838. The number of carbonyl (C=O) groups excluding carboxylic acids is 1. The summed E-state index contributed by atoms with van der Waals surface area (Å²) in [5.74, 6) is 0.505. The molecular formula is C13H19N3O2. The fraction of sp³-hybridized carbons (Fsp3) is 0.538. The summed E-state index contributed by atoms with van der Waals surface area (Å²) >= 11 is 0. The van der Waals surface area contributed by atoms with E-state index in [0.717, 1.165) is 12.8 Å². The second kappa shape index (κ2) is 5.35. The van der Waals surface area contributed by atoms with Gasteiger partial charge in [0.15, 0.2) is 0 Å². The lowest BCUT2D eigenvalue weighted by Crippen LogP contribution is -2.49. The second-order valence-electron chi connectivity index (χ2n) is 4.96.